The van der Waals surface area contributed by atoms with Crippen LogP contribution in [0.4, 0.5) is 4.79 Å². The molecule has 0 unspecified atom stereocenters. The van der Waals surface area contributed by atoms with Crippen LogP contribution in [0, 0.1) is 0 Å². The lowest BCUT2D eigenvalue weighted by atomic mass is 10.2. The summed E-state index contributed by atoms with van der Waals surface area (Å²) in [5.41, 5.74) is 0. The Bertz CT molecular complexity index is 430. The van der Waals surface area contributed by atoms with Crippen LogP contribution in [0.2, 0.25) is 0 Å². The predicted octanol–water partition coefficient (Wildman–Crippen LogP) is 0.514. The Hall–Kier alpha value is -1.57. The summed E-state index contributed by atoms with van der Waals surface area (Å²) in [4.78, 5) is 16.2. The number of likely N-dealkylation sites (N-methyl/N-ethyl adjacent to an activating group) is 1. The molecule has 1 aliphatic rings. The fourth-order valence-electron chi connectivity index (χ4n) is 2.42. The van der Waals surface area contributed by atoms with E-state index in [1.54, 1.807) is 6.26 Å². The number of nitrogens with zero attached hydrogens (tertiary/aromatic N) is 2. The SMILES string of the molecule is CN(C)[C@@H](CNC(=O)NCCN1CCOCC1)c1ccco1. The van der Waals surface area contributed by atoms with Crippen LogP contribution in [0.1, 0.15) is 11.8 Å². The largest absolute Gasteiger partial charge is 0.468 e. The summed E-state index contributed by atoms with van der Waals surface area (Å²) in [6.45, 7) is 5.42. The lowest BCUT2D eigenvalue weighted by Crippen LogP contribution is -2.45. The summed E-state index contributed by atoms with van der Waals surface area (Å²) in [7, 11) is 3.93. The molecule has 0 bridgehead atoms. The van der Waals surface area contributed by atoms with Crippen LogP contribution >= 0.6 is 0 Å². The first-order chi connectivity index (χ1) is 10.7. The second-order valence-corrected chi connectivity index (χ2v) is 5.59. The Kier molecular flexibility index (Phi) is 6.70. The van der Waals surface area contributed by atoms with E-state index in [9.17, 15) is 4.79 Å². The monoisotopic (exact) mass is 310 g/mol. The van der Waals surface area contributed by atoms with Gasteiger partial charge < -0.3 is 19.8 Å². The molecule has 124 valence electrons. The minimum Gasteiger partial charge on any atom is -0.468 e. The number of ether oxygens (including phenoxy) is 1. The number of hydrogen-bond acceptors (Lipinski definition) is 5. The van der Waals surface area contributed by atoms with E-state index in [-0.39, 0.29) is 12.1 Å². The molecule has 7 heteroatoms. The molecule has 1 aromatic rings. The topological polar surface area (TPSA) is 70.0 Å². The van der Waals surface area contributed by atoms with Crippen LogP contribution in [-0.4, -0.2) is 75.9 Å². The summed E-state index contributed by atoms with van der Waals surface area (Å²) >= 11 is 0. The van der Waals surface area contributed by atoms with Crippen molar-refractivity contribution in [2.75, 3.05) is 60.0 Å². The molecule has 0 aliphatic carbocycles. The van der Waals surface area contributed by atoms with E-state index < -0.39 is 0 Å². The van der Waals surface area contributed by atoms with Gasteiger partial charge in [-0.05, 0) is 26.2 Å². The Morgan fingerprint density at radius 1 is 1.36 bits per heavy atom. The van der Waals surface area contributed by atoms with Crippen molar-refractivity contribution in [3.8, 4) is 0 Å². The molecule has 2 heterocycles. The summed E-state index contributed by atoms with van der Waals surface area (Å²) in [6, 6.07) is 3.66. The summed E-state index contributed by atoms with van der Waals surface area (Å²) in [6.07, 6.45) is 1.65. The van der Waals surface area contributed by atoms with Crippen LogP contribution in [0.5, 0.6) is 0 Å². The zero-order valence-corrected chi connectivity index (χ0v) is 13.4. The van der Waals surface area contributed by atoms with Crippen molar-refractivity contribution in [1.82, 2.24) is 20.4 Å². The van der Waals surface area contributed by atoms with Crippen molar-refractivity contribution in [3.63, 3.8) is 0 Å². The lowest BCUT2D eigenvalue weighted by molar-refractivity contribution is 0.0387. The van der Waals surface area contributed by atoms with Crippen molar-refractivity contribution in [3.05, 3.63) is 24.2 Å². The molecule has 2 rings (SSSR count). The van der Waals surface area contributed by atoms with E-state index in [2.05, 4.69) is 15.5 Å². The molecule has 1 aliphatic heterocycles. The number of carbonyl (C=O) groups is 1. The first kappa shape index (κ1) is 16.8. The van der Waals surface area contributed by atoms with Crippen LogP contribution in [0.3, 0.4) is 0 Å². The highest BCUT2D eigenvalue weighted by molar-refractivity contribution is 5.73. The number of carbonyl (C=O) groups excluding carboxylic acids is 1. The van der Waals surface area contributed by atoms with Gasteiger partial charge in [-0.15, -0.1) is 0 Å². The van der Waals surface area contributed by atoms with Gasteiger partial charge >= 0.3 is 6.03 Å². The van der Waals surface area contributed by atoms with E-state index >= 15 is 0 Å². The number of furan rings is 1. The Morgan fingerprint density at radius 3 is 2.77 bits per heavy atom. The number of nitrogens with one attached hydrogen (secondary N) is 2. The Labute approximate surface area is 131 Å². The van der Waals surface area contributed by atoms with E-state index in [0.717, 1.165) is 38.6 Å². The van der Waals surface area contributed by atoms with Crippen molar-refractivity contribution < 1.29 is 13.9 Å². The van der Waals surface area contributed by atoms with Crippen molar-refractivity contribution >= 4 is 6.03 Å². The van der Waals surface area contributed by atoms with Gasteiger partial charge in [-0.3, -0.25) is 9.80 Å². The molecule has 0 radical (unpaired) electrons. The zero-order valence-electron chi connectivity index (χ0n) is 13.4. The van der Waals surface area contributed by atoms with Gasteiger partial charge in [0.25, 0.3) is 0 Å². The minimum absolute atomic E-state index is 0.0278. The standard InChI is InChI=1S/C15H26N4O3/c1-18(2)13(14-4-3-9-22-14)12-17-15(20)16-5-6-19-7-10-21-11-8-19/h3-4,9,13H,5-8,10-12H2,1-2H3,(H2,16,17,20)/t13-/m0/s1. The summed E-state index contributed by atoms with van der Waals surface area (Å²) < 4.78 is 10.7. The summed E-state index contributed by atoms with van der Waals surface area (Å²) in [5, 5.41) is 5.78. The molecule has 0 spiro atoms. The normalized spacial score (nSPS) is 17.4. The molecular formula is C15H26N4O3. The number of rotatable bonds is 7. The third-order valence-electron chi connectivity index (χ3n) is 3.77. The Balaban J connectivity index is 1.65. The smallest absolute Gasteiger partial charge is 0.314 e. The third kappa shape index (κ3) is 5.32. The van der Waals surface area contributed by atoms with E-state index in [4.69, 9.17) is 9.15 Å². The molecule has 1 fully saturated rings. The molecule has 2 amide bonds. The predicted molar refractivity (Wildman–Crippen MR) is 83.8 cm³/mol. The van der Waals surface area contributed by atoms with Gasteiger partial charge in [0, 0.05) is 32.7 Å². The first-order valence-corrected chi connectivity index (χ1v) is 7.68. The van der Waals surface area contributed by atoms with Gasteiger partial charge in [0.05, 0.1) is 25.5 Å². The van der Waals surface area contributed by atoms with Crippen LogP contribution < -0.4 is 10.6 Å². The highest BCUT2D eigenvalue weighted by atomic mass is 16.5. The molecule has 1 aromatic heterocycles. The van der Waals surface area contributed by atoms with Crippen LogP contribution in [-0.2, 0) is 4.74 Å². The van der Waals surface area contributed by atoms with Crippen molar-refractivity contribution in [2.24, 2.45) is 0 Å². The third-order valence-corrected chi connectivity index (χ3v) is 3.77. The fourth-order valence-corrected chi connectivity index (χ4v) is 2.42. The van der Waals surface area contributed by atoms with Gasteiger partial charge in [0.1, 0.15) is 5.76 Å². The van der Waals surface area contributed by atoms with E-state index in [1.165, 1.54) is 0 Å². The van der Waals surface area contributed by atoms with Gasteiger partial charge in [-0.2, -0.15) is 0 Å². The first-order valence-electron chi connectivity index (χ1n) is 7.68. The average molecular weight is 310 g/mol. The highest BCUT2D eigenvalue weighted by Crippen LogP contribution is 2.17. The van der Waals surface area contributed by atoms with E-state index in [1.807, 2.05) is 31.1 Å². The Morgan fingerprint density at radius 2 is 2.14 bits per heavy atom. The highest BCUT2D eigenvalue weighted by Gasteiger charge is 2.17. The second kappa shape index (κ2) is 8.77. The maximum Gasteiger partial charge on any atom is 0.314 e. The number of hydrogen-bond donors (Lipinski definition) is 2. The molecule has 2 N–H and O–H groups in total. The number of urea groups is 1. The zero-order chi connectivity index (χ0) is 15.8. The lowest BCUT2D eigenvalue weighted by Gasteiger charge is -2.26. The molecule has 1 saturated heterocycles. The average Bonchev–Trinajstić information content (AvgIpc) is 3.02. The number of morpholine rings is 1. The molecule has 0 aromatic carbocycles. The fraction of sp³-hybridized carbons (Fsp3) is 0.667. The molecular weight excluding hydrogens is 284 g/mol. The minimum atomic E-state index is -0.147. The van der Waals surface area contributed by atoms with Crippen molar-refractivity contribution in [1.29, 1.82) is 0 Å². The van der Waals surface area contributed by atoms with Crippen LogP contribution in [0.25, 0.3) is 0 Å². The maximum absolute atomic E-state index is 11.9. The second-order valence-electron chi connectivity index (χ2n) is 5.59. The quantitative estimate of drug-likeness (QED) is 0.768. The van der Waals surface area contributed by atoms with E-state index in [0.29, 0.717) is 13.1 Å². The summed E-state index contributed by atoms with van der Waals surface area (Å²) in [5.74, 6) is 0.846. The van der Waals surface area contributed by atoms with Crippen molar-refractivity contribution in [2.45, 2.75) is 6.04 Å². The molecule has 7 nitrogen and oxygen atoms in total. The van der Waals surface area contributed by atoms with Gasteiger partial charge in [-0.1, -0.05) is 0 Å². The number of amides is 2. The van der Waals surface area contributed by atoms with Gasteiger partial charge in [0.15, 0.2) is 0 Å². The molecule has 1 atom stereocenters. The molecule has 0 saturated carbocycles. The molecule has 22 heavy (non-hydrogen) atoms. The van der Waals surface area contributed by atoms with Gasteiger partial charge in [-0.25, -0.2) is 4.79 Å². The van der Waals surface area contributed by atoms with Crippen LogP contribution in [0.15, 0.2) is 22.8 Å². The van der Waals surface area contributed by atoms with Gasteiger partial charge in [0.2, 0.25) is 0 Å². The maximum atomic E-state index is 11.9.